The summed E-state index contributed by atoms with van der Waals surface area (Å²) in [6, 6.07) is 6.86. The standard InChI is InChI=1S/C25H16F2N4O6/c1-11-19-20-16(10-28-21(19)31(29-11)14-4-5-17(26)18(27)9-14)22(32)30(23(20)33)15-7-12(24(34)36-2)6-13(8-15)25(35)37-3/h4-10H,1-3H3. The maximum absolute atomic E-state index is 13.9. The van der Waals surface area contributed by atoms with Crippen LogP contribution in [0.5, 0.6) is 0 Å². The molecule has 0 N–H and O–H groups in total. The number of ether oxygens (including phenoxy) is 2. The highest BCUT2D eigenvalue weighted by Crippen LogP contribution is 2.35. The number of aryl methyl sites for hydroxylation is 1. The van der Waals surface area contributed by atoms with Gasteiger partial charge in [-0.25, -0.2) is 32.9 Å². The molecule has 1 aliphatic rings. The third-order valence-electron chi connectivity index (χ3n) is 5.89. The number of fused-ring (bicyclic) bond motifs is 3. The first-order chi connectivity index (χ1) is 17.7. The first kappa shape index (κ1) is 23.7. The summed E-state index contributed by atoms with van der Waals surface area (Å²) in [6.07, 6.45) is 1.18. The SMILES string of the molecule is COC(=O)c1cc(C(=O)OC)cc(N2C(=O)c3cnc4c(c(C)nn4-c4ccc(F)c(F)c4)c3C2=O)c1. The first-order valence-corrected chi connectivity index (χ1v) is 10.7. The highest BCUT2D eigenvalue weighted by atomic mass is 19.2. The van der Waals surface area contributed by atoms with Gasteiger partial charge in [0.05, 0.1) is 58.9 Å². The van der Waals surface area contributed by atoms with Gasteiger partial charge in [0.25, 0.3) is 11.8 Å². The molecule has 0 fully saturated rings. The average Bonchev–Trinajstić information content (AvgIpc) is 3.37. The van der Waals surface area contributed by atoms with E-state index in [1.165, 1.54) is 35.1 Å². The number of aromatic nitrogens is 3. The van der Waals surface area contributed by atoms with Gasteiger partial charge in [-0.1, -0.05) is 0 Å². The van der Waals surface area contributed by atoms with Crippen LogP contribution in [0.2, 0.25) is 0 Å². The van der Waals surface area contributed by atoms with Gasteiger partial charge in [0.15, 0.2) is 17.3 Å². The number of hydrogen-bond acceptors (Lipinski definition) is 8. The van der Waals surface area contributed by atoms with Gasteiger partial charge in [0.2, 0.25) is 0 Å². The fraction of sp³-hybridized carbons (Fsp3) is 0.120. The Labute approximate surface area is 207 Å². The monoisotopic (exact) mass is 506 g/mol. The molecule has 0 saturated carbocycles. The second-order valence-electron chi connectivity index (χ2n) is 8.04. The van der Waals surface area contributed by atoms with Crippen molar-refractivity contribution in [3.63, 3.8) is 0 Å². The van der Waals surface area contributed by atoms with Crippen molar-refractivity contribution in [1.82, 2.24) is 14.8 Å². The number of rotatable bonds is 4. The van der Waals surface area contributed by atoms with Crippen LogP contribution >= 0.6 is 0 Å². The van der Waals surface area contributed by atoms with Crippen molar-refractivity contribution in [2.75, 3.05) is 19.1 Å². The number of anilines is 1. The number of nitrogens with zero attached hydrogens (tertiary/aromatic N) is 4. The van der Waals surface area contributed by atoms with Crippen LogP contribution in [-0.2, 0) is 9.47 Å². The lowest BCUT2D eigenvalue weighted by Gasteiger charge is -2.16. The lowest BCUT2D eigenvalue weighted by Crippen LogP contribution is -2.30. The molecule has 12 heteroatoms. The second kappa shape index (κ2) is 8.59. The van der Waals surface area contributed by atoms with Gasteiger partial charge in [-0.05, 0) is 37.3 Å². The second-order valence-corrected chi connectivity index (χ2v) is 8.04. The minimum absolute atomic E-state index is 0.00979. The summed E-state index contributed by atoms with van der Waals surface area (Å²) in [5.74, 6) is -5.22. The lowest BCUT2D eigenvalue weighted by molar-refractivity contribution is 0.0597. The van der Waals surface area contributed by atoms with Crippen molar-refractivity contribution in [3.05, 3.63) is 82.2 Å². The largest absolute Gasteiger partial charge is 0.465 e. The maximum atomic E-state index is 13.9. The number of pyridine rings is 1. The van der Waals surface area contributed by atoms with Gasteiger partial charge < -0.3 is 9.47 Å². The van der Waals surface area contributed by atoms with E-state index in [1.807, 2.05) is 0 Å². The Morgan fingerprint density at radius 1 is 0.865 bits per heavy atom. The summed E-state index contributed by atoms with van der Waals surface area (Å²) >= 11 is 0. The summed E-state index contributed by atoms with van der Waals surface area (Å²) in [4.78, 5) is 56.4. The molecule has 4 aromatic rings. The molecule has 0 unspecified atom stereocenters. The Bertz CT molecular complexity index is 1650. The zero-order chi connectivity index (χ0) is 26.6. The molecular weight excluding hydrogens is 490 g/mol. The number of carbonyl (C=O) groups is 4. The zero-order valence-corrected chi connectivity index (χ0v) is 19.5. The average molecular weight is 506 g/mol. The van der Waals surface area contributed by atoms with Crippen molar-refractivity contribution >= 4 is 40.5 Å². The highest BCUT2D eigenvalue weighted by Gasteiger charge is 2.40. The molecule has 2 amide bonds. The summed E-state index contributed by atoms with van der Waals surface area (Å²) in [6.45, 7) is 1.58. The number of imide groups is 1. The van der Waals surface area contributed by atoms with E-state index in [2.05, 4.69) is 10.1 Å². The molecule has 0 saturated heterocycles. The topological polar surface area (TPSA) is 121 Å². The van der Waals surface area contributed by atoms with E-state index in [9.17, 15) is 28.0 Å². The van der Waals surface area contributed by atoms with Crippen LogP contribution in [-0.4, -0.2) is 52.7 Å². The summed E-state index contributed by atoms with van der Waals surface area (Å²) in [5, 5.41) is 4.56. The van der Waals surface area contributed by atoms with Crippen molar-refractivity contribution < 1.29 is 37.4 Å². The van der Waals surface area contributed by atoms with E-state index in [-0.39, 0.29) is 44.7 Å². The van der Waals surface area contributed by atoms with E-state index in [0.717, 1.165) is 31.3 Å². The summed E-state index contributed by atoms with van der Waals surface area (Å²) in [7, 11) is 2.29. The number of esters is 2. The van der Waals surface area contributed by atoms with Crippen molar-refractivity contribution in [2.45, 2.75) is 6.92 Å². The molecule has 37 heavy (non-hydrogen) atoms. The van der Waals surface area contributed by atoms with Crippen LogP contribution in [0.25, 0.3) is 16.7 Å². The van der Waals surface area contributed by atoms with Crippen LogP contribution < -0.4 is 4.90 Å². The van der Waals surface area contributed by atoms with Crippen molar-refractivity contribution in [3.8, 4) is 5.69 Å². The molecule has 0 aliphatic carbocycles. The van der Waals surface area contributed by atoms with E-state index in [1.54, 1.807) is 6.92 Å². The Kier molecular flexibility index (Phi) is 5.51. The third kappa shape index (κ3) is 3.61. The number of halogens is 2. The van der Waals surface area contributed by atoms with Gasteiger partial charge in [0, 0.05) is 12.3 Å². The predicted octanol–water partition coefficient (Wildman–Crippen LogP) is 3.38. The molecule has 2 aromatic heterocycles. The molecule has 0 spiro atoms. The van der Waals surface area contributed by atoms with Crippen molar-refractivity contribution in [1.29, 1.82) is 0 Å². The normalized spacial score (nSPS) is 12.7. The Morgan fingerprint density at radius 3 is 2.11 bits per heavy atom. The van der Waals surface area contributed by atoms with E-state index >= 15 is 0 Å². The Morgan fingerprint density at radius 2 is 1.51 bits per heavy atom. The van der Waals surface area contributed by atoms with Crippen LogP contribution in [0, 0.1) is 18.6 Å². The number of benzene rings is 2. The number of methoxy groups -OCH3 is 2. The van der Waals surface area contributed by atoms with Gasteiger partial charge >= 0.3 is 11.9 Å². The minimum Gasteiger partial charge on any atom is -0.465 e. The molecule has 5 rings (SSSR count). The molecule has 2 aromatic carbocycles. The van der Waals surface area contributed by atoms with Crippen LogP contribution in [0.15, 0.2) is 42.6 Å². The molecule has 10 nitrogen and oxygen atoms in total. The minimum atomic E-state index is -1.09. The molecule has 1 aliphatic heterocycles. The van der Waals surface area contributed by atoms with Gasteiger partial charge in [0.1, 0.15) is 0 Å². The molecular formula is C25H16F2N4O6. The lowest BCUT2D eigenvalue weighted by atomic mass is 10.1. The van der Waals surface area contributed by atoms with E-state index < -0.39 is 35.4 Å². The van der Waals surface area contributed by atoms with Crippen LogP contribution in [0.1, 0.15) is 47.1 Å². The molecule has 0 radical (unpaired) electrons. The number of hydrogen-bond donors (Lipinski definition) is 0. The molecule has 186 valence electrons. The fourth-order valence-electron chi connectivity index (χ4n) is 4.20. The van der Waals surface area contributed by atoms with Crippen LogP contribution in [0.3, 0.4) is 0 Å². The smallest absolute Gasteiger partial charge is 0.337 e. The predicted molar refractivity (Wildman–Crippen MR) is 124 cm³/mol. The Hall–Kier alpha value is -5.00. The molecule has 0 atom stereocenters. The summed E-state index contributed by atoms with van der Waals surface area (Å²) in [5.41, 5.74) is 0.345. The first-order valence-electron chi connectivity index (χ1n) is 10.7. The molecule has 3 heterocycles. The fourth-order valence-corrected chi connectivity index (χ4v) is 4.20. The van der Waals surface area contributed by atoms with Crippen molar-refractivity contribution in [2.24, 2.45) is 0 Å². The third-order valence-corrected chi connectivity index (χ3v) is 5.89. The number of amides is 2. The quantitative estimate of drug-likeness (QED) is 0.305. The highest BCUT2D eigenvalue weighted by molar-refractivity contribution is 6.37. The Balaban J connectivity index is 1.68. The van der Waals surface area contributed by atoms with Gasteiger partial charge in [-0.2, -0.15) is 5.10 Å². The van der Waals surface area contributed by atoms with Gasteiger partial charge in [-0.3, -0.25) is 9.59 Å². The number of carbonyl (C=O) groups excluding carboxylic acids is 4. The van der Waals surface area contributed by atoms with Crippen LogP contribution in [0.4, 0.5) is 14.5 Å². The zero-order valence-electron chi connectivity index (χ0n) is 19.5. The van der Waals surface area contributed by atoms with E-state index in [0.29, 0.717) is 5.69 Å². The maximum Gasteiger partial charge on any atom is 0.337 e. The summed E-state index contributed by atoms with van der Waals surface area (Å²) < 4.78 is 38.0. The van der Waals surface area contributed by atoms with Gasteiger partial charge in [-0.15, -0.1) is 0 Å². The van der Waals surface area contributed by atoms with E-state index in [4.69, 9.17) is 9.47 Å². The molecule has 0 bridgehead atoms.